The Morgan fingerprint density at radius 3 is 3.08 bits per heavy atom. The van der Waals surface area contributed by atoms with Crippen molar-refractivity contribution in [3.63, 3.8) is 0 Å². The number of nitrogens with one attached hydrogen (secondary N) is 1. The van der Waals surface area contributed by atoms with Gasteiger partial charge in [0.1, 0.15) is 12.1 Å². The molecule has 3 rings (SSSR count). The first-order chi connectivity index (χ1) is 12.0. The molecule has 0 unspecified atom stereocenters. The van der Waals surface area contributed by atoms with Gasteiger partial charge in [-0.15, -0.1) is 0 Å². The zero-order valence-corrected chi connectivity index (χ0v) is 15.2. The molecule has 2 amide bonds. The van der Waals surface area contributed by atoms with Crippen LogP contribution in [-0.4, -0.2) is 73.4 Å². The van der Waals surface area contributed by atoms with Crippen molar-refractivity contribution in [1.82, 2.24) is 20.2 Å². The Labute approximate surface area is 148 Å². The molecule has 2 atom stereocenters. The number of urea groups is 1. The van der Waals surface area contributed by atoms with E-state index < -0.39 is 0 Å². The van der Waals surface area contributed by atoms with Gasteiger partial charge >= 0.3 is 6.03 Å². The quantitative estimate of drug-likeness (QED) is 0.882. The van der Waals surface area contributed by atoms with Crippen LogP contribution in [0.4, 0.5) is 10.6 Å². The molecular formula is C17H27N5O3. The summed E-state index contributed by atoms with van der Waals surface area (Å²) in [6.07, 6.45) is 5.71. The summed E-state index contributed by atoms with van der Waals surface area (Å²) < 4.78 is 11.6. The average molecular weight is 349 g/mol. The van der Waals surface area contributed by atoms with Crippen molar-refractivity contribution in [2.75, 3.05) is 45.7 Å². The van der Waals surface area contributed by atoms with E-state index in [-0.39, 0.29) is 17.7 Å². The highest BCUT2D eigenvalue weighted by molar-refractivity contribution is 5.73. The summed E-state index contributed by atoms with van der Waals surface area (Å²) in [6.45, 7) is 2.27. The van der Waals surface area contributed by atoms with Gasteiger partial charge in [-0.05, 0) is 25.7 Å². The topological polar surface area (TPSA) is 79.8 Å². The number of aromatic nitrogens is 2. The summed E-state index contributed by atoms with van der Waals surface area (Å²) in [7, 11) is 5.08. The molecule has 0 aliphatic carbocycles. The Kier molecular flexibility index (Phi) is 5.27. The van der Waals surface area contributed by atoms with Crippen LogP contribution in [0, 0.1) is 0 Å². The summed E-state index contributed by atoms with van der Waals surface area (Å²) in [4.78, 5) is 23.9. The van der Waals surface area contributed by atoms with Gasteiger partial charge in [0.25, 0.3) is 0 Å². The third kappa shape index (κ3) is 4.12. The van der Waals surface area contributed by atoms with Crippen molar-refractivity contribution in [2.45, 2.75) is 37.4 Å². The fourth-order valence-corrected chi connectivity index (χ4v) is 3.58. The molecule has 0 saturated carbocycles. The van der Waals surface area contributed by atoms with Crippen LogP contribution >= 0.6 is 0 Å². The molecule has 1 N–H and O–H groups in total. The van der Waals surface area contributed by atoms with E-state index >= 15 is 0 Å². The summed E-state index contributed by atoms with van der Waals surface area (Å²) >= 11 is 0. The second-order valence-corrected chi connectivity index (χ2v) is 6.99. The van der Waals surface area contributed by atoms with Gasteiger partial charge in [-0.3, -0.25) is 0 Å². The van der Waals surface area contributed by atoms with Crippen molar-refractivity contribution in [3.05, 3.63) is 12.4 Å². The number of ether oxygens (including phenoxy) is 2. The molecule has 2 aliphatic heterocycles. The standard InChI is InChI=1S/C17H27N5O3/c1-21(2)16(23)18-10-13-5-4-6-17(25-13)7-8-22(11-17)14-9-15(24-3)20-12-19-14/h9,12-13H,4-8,10-11H2,1-3H3,(H,18,23)/t13-,17-/m1/s1. The highest BCUT2D eigenvalue weighted by atomic mass is 16.5. The van der Waals surface area contributed by atoms with Crippen molar-refractivity contribution < 1.29 is 14.3 Å². The van der Waals surface area contributed by atoms with Gasteiger partial charge in [-0.2, -0.15) is 0 Å². The Hall–Kier alpha value is -2.09. The van der Waals surface area contributed by atoms with Gasteiger partial charge in [0.2, 0.25) is 5.88 Å². The van der Waals surface area contributed by atoms with E-state index in [2.05, 4.69) is 20.2 Å². The van der Waals surface area contributed by atoms with Crippen LogP contribution in [0.25, 0.3) is 0 Å². The Balaban J connectivity index is 1.60. The van der Waals surface area contributed by atoms with E-state index in [0.29, 0.717) is 12.4 Å². The number of amides is 2. The van der Waals surface area contributed by atoms with Gasteiger partial charge in [-0.1, -0.05) is 0 Å². The van der Waals surface area contributed by atoms with Crippen molar-refractivity contribution in [2.24, 2.45) is 0 Å². The maximum Gasteiger partial charge on any atom is 0.316 e. The number of rotatable bonds is 4. The highest BCUT2D eigenvalue weighted by Gasteiger charge is 2.43. The molecule has 0 bridgehead atoms. The Morgan fingerprint density at radius 2 is 2.32 bits per heavy atom. The molecule has 2 fully saturated rings. The first kappa shape index (κ1) is 17.7. The molecule has 8 heteroatoms. The third-order valence-electron chi connectivity index (χ3n) is 4.94. The normalized spacial score (nSPS) is 25.9. The maximum absolute atomic E-state index is 11.7. The fraction of sp³-hybridized carbons (Fsp3) is 0.706. The largest absolute Gasteiger partial charge is 0.481 e. The number of methoxy groups -OCH3 is 1. The number of hydrogen-bond donors (Lipinski definition) is 1. The lowest BCUT2D eigenvalue weighted by Gasteiger charge is -2.38. The molecule has 25 heavy (non-hydrogen) atoms. The van der Waals surface area contributed by atoms with Crippen LogP contribution in [0.2, 0.25) is 0 Å². The first-order valence-corrected chi connectivity index (χ1v) is 8.75. The number of carbonyl (C=O) groups excluding carboxylic acids is 1. The Bertz CT molecular complexity index is 612. The first-order valence-electron chi connectivity index (χ1n) is 8.75. The molecular weight excluding hydrogens is 322 g/mol. The van der Waals surface area contributed by atoms with Crippen LogP contribution in [0.3, 0.4) is 0 Å². The molecule has 2 saturated heterocycles. The smallest absolute Gasteiger partial charge is 0.316 e. The molecule has 3 heterocycles. The van der Waals surface area contributed by atoms with Crippen LogP contribution in [-0.2, 0) is 4.74 Å². The molecule has 2 aliphatic rings. The fourth-order valence-electron chi connectivity index (χ4n) is 3.58. The second kappa shape index (κ2) is 7.43. The molecule has 8 nitrogen and oxygen atoms in total. The van der Waals surface area contributed by atoms with Crippen LogP contribution in [0.1, 0.15) is 25.7 Å². The van der Waals surface area contributed by atoms with E-state index in [4.69, 9.17) is 9.47 Å². The minimum absolute atomic E-state index is 0.0672. The molecule has 0 aromatic carbocycles. The van der Waals surface area contributed by atoms with Gasteiger partial charge in [0.15, 0.2) is 0 Å². The lowest BCUT2D eigenvalue weighted by molar-refractivity contribution is -0.113. The molecule has 0 radical (unpaired) electrons. The summed E-state index contributed by atoms with van der Waals surface area (Å²) in [5.41, 5.74) is -0.149. The monoisotopic (exact) mass is 349 g/mol. The van der Waals surface area contributed by atoms with Crippen molar-refractivity contribution in [3.8, 4) is 5.88 Å². The second-order valence-electron chi connectivity index (χ2n) is 6.99. The summed E-state index contributed by atoms with van der Waals surface area (Å²) in [6, 6.07) is 1.78. The van der Waals surface area contributed by atoms with Gasteiger partial charge in [-0.25, -0.2) is 14.8 Å². The minimum atomic E-state index is -0.149. The van der Waals surface area contributed by atoms with Crippen LogP contribution < -0.4 is 15.0 Å². The van der Waals surface area contributed by atoms with Gasteiger partial charge in [0, 0.05) is 39.8 Å². The van der Waals surface area contributed by atoms with Crippen molar-refractivity contribution in [1.29, 1.82) is 0 Å². The predicted molar refractivity (Wildman–Crippen MR) is 94.0 cm³/mol. The molecule has 1 aromatic rings. The average Bonchev–Trinajstić information content (AvgIpc) is 3.03. The van der Waals surface area contributed by atoms with Gasteiger partial charge in [0.05, 0.1) is 18.8 Å². The molecule has 1 aromatic heterocycles. The zero-order valence-electron chi connectivity index (χ0n) is 15.2. The number of nitrogens with zero attached hydrogens (tertiary/aromatic N) is 4. The summed E-state index contributed by atoms with van der Waals surface area (Å²) in [5, 5.41) is 2.93. The van der Waals surface area contributed by atoms with E-state index in [1.165, 1.54) is 6.33 Å². The lowest BCUT2D eigenvalue weighted by atomic mass is 9.90. The third-order valence-corrected chi connectivity index (χ3v) is 4.94. The SMILES string of the molecule is COc1cc(N2CC[C@]3(CCC[C@H](CNC(=O)N(C)C)O3)C2)ncn1. The lowest BCUT2D eigenvalue weighted by Crippen LogP contribution is -2.48. The summed E-state index contributed by atoms with van der Waals surface area (Å²) in [5.74, 6) is 1.44. The highest BCUT2D eigenvalue weighted by Crippen LogP contribution is 2.38. The molecule has 1 spiro atoms. The number of anilines is 1. The van der Waals surface area contributed by atoms with E-state index in [1.54, 1.807) is 26.1 Å². The van der Waals surface area contributed by atoms with Crippen LogP contribution in [0.15, 0.2) is 12.4 Å². The Morgan fingerprint density at radius 1 is 1.48 bits per heavy atom. The minimum Gasteiger partial charge on any atom is -0.481 e. The van der Waals surface area contributed by atoms with E-state index in [9.17, 15) is 4.79 Å². The maximum atomic E-state index is 11.7. The van der Waals surface area contributed by atoms with Gasteiger partial charge < -0.3 is 24.6 Å². The van der Waals surface area contributed by atoms with Crippen LogP contribution in [0.5, 0.6) is 5.88 Å². The van der Waals surface area contributed by atoms with E-state index in [1.807, 2.05) is 6.07 Å². The molecule has 138 valence electrons. The number of hydrogen-bond acceptors (Lipinski definition) is 6. The van der Waals surface area contributed by atoms with Crippen molar-refractivity contribution >= 4 is 11.8 Å². The van der Waals surface area contributed by atoms with E-state index in [0.717, 1.165) is 44.6 Å². The predicted octanol–water partition coefficient (Wildman–Crippen LogP) is 1.27. The number of carbonyl (C=O) groups is 1. The zero-order chi connectivity index (χ0) is 17.9.